The molecule has 0 spiro atoms. The second kappa shape index (κ2) is 9.16. The molecule has 1 heteroatoms. The molecular formula is C17H28N. The predicted octanol–water partition coefficient (Wildman–Crippen LogP) is 4.36. The van der Waals surface area contributed by atoms with Gasteiger partial charge in [-0.1, -0.05) is 51.8 Å². The van der Waals surface area contributed by atoms with Gasteiger partial charge in [0.2, 0.25) is 0 Å². The van der Waals surface area contributed by atoms with E-state index in [1.54, 1.807) is 0 Å². The number of nitrogens with one attached hydrogen (secondary N) is 1. The molecule has 0 saturated heterocycles. The first-order valence-corrected chi connectivity index (χ1v) is 7.43. The monoisotopic (exact) mass is 246 g/mol. The van der Waals surface area contributed by atoms with Gasteiger partial charge in [0.25, 0.3) is 0 Å². The Morgan fingerprint density at radius 3 is 2.83 bits per heavy atom. The molecule has 0 fully saturated rings. The van der Waals surface area contributed by atoms with Crippen LogP contribution in [0.25, 0.3) is 0 Å². The van der Waals surface area contributed by atoms with Gasteiger partial charge in [-0.3, -0.25) is 0 Å². The molecule has 0 heterocycles. The van der Waals surface area contributed by atoms with Crippen molar-refractivity contribution in [2.75, 3.05) is 6.54 Å². The zero-order valence-corrected chi connectivity index (χ0v) is 12.3. The highest BCUT2D eigenvalue weighted by atomic mass is 14.8. The van der Waals surface area contributed by atoms with Crippen LogP contribution in [0.2, 0.25) is 0 Å². The van der Waals surface area contributed by atoms with E-state index in [1.807, 2.05) is 6.07 Å². The van der Waals surface area contributed by atoms with Crippen molar-refractivity contribution in [1.82, 2.24) is 5.32 Å². The van der Waals surface area contributed by atoms with E-state index in [-0.39, 0.29) is 0 Å². The Kier molecular flexibility index (Phi) is 7.75. The van der Waals surface area contributed by atoms with Crippen molar-refractivity contribution in [3.05, 3.63) is 35.4 Å². The van der Waals surface area contributed by atoms with E-state index in [0.717, 1.165) is 25.4 Å². The van der Waals surface area contributed by atoms with Gasteiger partial charge in [0.05, 0.1) is 0 Å². The third-order valence-electron chi connectivity index (χ3n) is 3.28. The van der Waals surface area contributed by atoms with Crippen molar-refractivity contribution >= 4 is 0 Å². The van der Waals surface area contributed by atoms with Crippen LogP contribution in [0, 0.1) is 12.0 Å². The summed E-state index contributed by atoms with van der Waals surface area (Å²) in [6.07, 6.45) is 6.32. The Morgan fingerprint density at radius 1 is 1.28 bits per heavy atom. The molecule has 0 bridgehead atoms. The summed E-state index contributed by atoms with van der Waals surface area (Å²) in [6, 6.07) is 9.78. The lowest BCUT2D eigenvalue weighted by atomic mass is 9.98. The van der Waals surface area contributed by atoms with Crippen molar-refractivity contribution in [3.63, 3.8) is 0 Å². The van der Waals surface area contributed by atoms with Gasteiger partial charge in [0.1, 0.15) is 0 Å². The summed E-state index contributed by atoms with van der Waals surface area (Å²) in [5, 5.41) is 3.54. The molecule has 0 amide bonds. The average Bonchev–Trinajstić information content (AvgIpc) is 2.37. The van der Waals surface area contributed by atoms with Crippen molar-refractivity contribution in [3.8, 4) is 0 Å². The van der Waals surface area contributed by atoms with E-state index in [4.69, 9.17) is 0 Å². The molecule has 0 saturated carbocycles. The van der Waals surface area contributed by atoms with E-state index in [0.29, 0.717) is 0 Å². The van der Waals surface area contributed by atoms with E-state index in [1.165, 1.54) is 36.8 Å². The maximum atomic E-state index is 3.54. The summed E-state index contributed by atoms with van der Waals surface area (Å²) in [7, 11) is 0. The fourth-order valence-electron chi connectivity index (χ4n) is 2.06. The molecular weight excluding hydrogens is 218 g/mol. The molecule has 0 unspecified atom stereocenters. The number of rotatable bonds is 9. The van der Waals surface area contributed by atoms with Crippen LogP contribution in [-0.2, 0) is 13.0 Å². The van der Waals surface area contributed by atoms with Gasteiger partial charge in [0, 0.05) is 6.54 Å². The van der Waals surface area contributed by atoms with Gasteiger partial charge in [-0.25, -0.2) is 0 Å². The maximum absolute atomic E-state index is 3.54. The summed E-state index contributed by atoms with van der Waals surface area (Å²) >= 11 is 0. The van der Waals surface area contributed by atoms with Crippen molar-refractivity contribution in [2.24, 2.45) is 5.92 Å². The Hall–Kier alpha value is -0.820. The van der Waals surface area contributed by atoms with Gasteiger partial charge in [-0.2, -0.15) is 0 Å². The van der Waals surface area contributed by atoms with Gasteiger partial charge >= 0.3 is 0 Å². The third kappa shape index (κ3) is 6.20. The maximum Gasteiger partial charge on any atom is 0.0208 e. The molecule has 1 rings (SSSR count). The molecule has 0 aliphatic heterocycles. The van der Waals surface area contributed by atoms with E-state index in [2.05, 4.69) is 44.3 Å². The van der Waals surface area contributed by atoms with Crippen molar-refractivity contribution < 1.29 is 0 Å². The summed E-state index contributed by atoms with van der Waals surface area (Å²) in [4.78, 5) is 0. The minimum absolute atomic E-state index is 0.768. The molecule has 0 aromatic heterocycles. The highest BCUT2D eigenvalue weighted by molar-refractivity contribution is 5.26. The normalized spacial score (nSPS) is 11.1. The molecule has 1 N–H and O–H groups in total. The van der Waals surface area contributed by atoms with Crippen molar-refractivity contribution in [2.45, 2.75) is 59.4 Å². The molecule has 0 aliphatic rings. The molecule has 1 aromatic carbocycles. The lowest BCUT2D eigenvalue weighted by molar-refractivity contribution is 0.579. The van der Waals surface area contributed by atoms with Crippen LogP contribution in [0.4, 0.5) is 0 Å². The number of hydrogen-bond acceptors (Lipinski definition) is 1. The highest BCUT2D eigenvalue weighted by Crippen LogP contribution is 2.13. The SMILES string of the molecule is CCCCCNCc1ccc[c]c1CCC(C)C. The molecule has 1 nitrogen and oxygen atoms in total. The standard InChI is InChI=1S/C17H28N/c1-4-5-8-13-18-14-17-10-7-6-9-16(17)12-11-15(2)3/h6-7,10,15,18H,4-5,8,11-14H2,1-3H3. The second-order valence-corrected chi connectivity index (χ2v) is 5.49. The Labute approximate surface area is 113 Å². The first-order chi connectivity index (χ1) is 8.74. The second-order valence-electron chi connectivity index (χ2n) is 5.49. The smallest absolute Gasteiger partial charge is 0.0208 e. The van der Waals surface area contributed by atoms with Gasteiger partial charge in [0.15, 0.2) is 0 Å². The van der Waals surface area contributed by atoms with Crippen LogP contribution in [0.15, 0.2) is 18.2 Å². The summed E-state index contributed by atoms with van der Waals surface area (Å²) < 4.78 is 0. The molecule has 0 aliphatic carbocycles. The summed E-state index contributed by atoms with van der Waals surface area (Å²) in [5.41, 5.74) is 2.82. The summed E-state index contributed by atoms with van der Waals surface area (Å²) in [6.45, 7) is 8.94. The Bertz CT molecular complexity index is 317. The minimum Gasteiger partial charge on any atom is -0.313 e. The largest absolute Gasteiger partial charge is 0.313 e. The van der Waals surface area contributed by atoms with Gasteiger partial charge in [-0.05, 0) is 48.9 Å². The lowest BCUT2D eigenvalue weighted by Gasteiger charge is -2.11. The number of benzene rings is 1. The molecule has 18 heavy (non-hydrogen) atoms. The van der Waals surface area contributed by atoms with E-state index >= 15 is 0 Å². The van der Waals surface area contributed by atoms with Crippen LogP contribution in [0.5, 0.6) is 0 Å². The van der Waals surface area contributed by atoms with Gasteiger partial charge in [-0.15, -0.1) is 0 Å². The molecule has 101 valence electrons. The number of aryl methyl sites for hydroxylation is 1. The number of unbranched alkanes of at least 4 members (excludes halogenated alkanes) is 2. The quantitative estimate of drug-likeness (QED) is 0.639. The zero-order chi connectivity index (χ0) is 13.2. The fourth-order valence-corrected chi connectivity index (χ4v) is 2.06. The highest BCUT2D eigenvalue weighted by Gasteiger charge is 2.03. The third-order valence-corrected chi connectivity index (χ3v) is 3.28. The Morgan fingerprint density at radius 2 is 2.11 bits per heavy atom. The lowest BCUT2D eigenvalue weighted by Crippen LogP contribution is -2.16. The topological polar surface area (TPSA) is 12.0 Å². The predicted molar refractivity (Wildman–Crippen MR) is 79.7 cm³/mol. The zero-order valence-electron chi connectivity index (χ0n) is 12.3. The first-order valence-electron chi connectivity index (χ1n) is 7.43. The van der Waals surface area contributed by atoms with Crippen LogP contribution < -0.4 is 5.32 Å². The fraction of sp³-hybridized carbons (Fsp3) is 0.647. The molecule has 1 aromatic rings. The Balaban J connectivity index is 2.38. The number of hydrogen-bond donors (Lipinski definition) is 1. The average molecular weight is 246 g/mol. The van der Waals surface area contributed by atoms with Gasteiger partial charge < -0.3 is 5.32 Å². The van der Waals surface area contributed by atoms with E-state index in [9.17, 15) is 0 Å². The van der Waals surface area contributed by atoms with Crippen LogP contribution >= 0.6 is 0 Å². The molecule has 1 radical (unpaired) electrons. The van der Waals surface area contributed by atoms with Crippen LogP contribution in [0.1, 0.15) is 57.6 Å². The van der Waals surface area contributed by atoms with Crippen molar-refractivity contribution in [1.29, 1.82) is 0 Å². The first kappa shape index (κ1) is 15.2. The summed E-state index contributed by atoms with van der Waals surface area (Å²) in [5.74, 6) is 0.768. The van der Waals surface area contributed by atoms with Crippen LogP contribution in [0.3, 0.4) is 0 Å². The van der Waals surface area contributed by atoms with Crippen LogP contribution in [-0.4, -0.2) is 6.54 Å². The van der Waals surface area contributed by atoms with E-state index < -0.39 is 0 Å². The minimum atomic E-state index is 0.768. The molecule has 0 atom stereocenters.